The maximum atomic E-state index is 6.01. The van der Waals surface area contributed by atoms with Gasteiger partial charge in [0.15, 0.2) is 11.5 Å². The number of benzene rings is 1. The Labute approximate surface area is 165 Å². The van der Waals surface area contributed by atoms with Gasteiger partial charge >= 0.3 is 0 Å². The van der Waals surface area contributed by atoms with Crippen molar-refractivity contribution < 1.29 is 9.47 Å². The number of rotatable bonds is 6. The molecule has 148 valence electrons. The number of hydrogen-bond donors (Lipinski definition) is 2. The summed E-state index contributed by atoms with van der Waals surface area (Å²) in [5.41, 5.74) is 7.89. The predicted molar refractivity (Wildman–Crippen MR) is 108 cm³/mol. The van der Waals surface area contributed by atoms with E-state index >= 15 is 0 Å². The summed E-state index contributed by atoms with van der Waals surface area (Å²) in [7, 11) is 1.66. The number of hydrogen-bond acceptors (Lipinski definition) is 7. The molecule has 0 bridgehead atoms. The normalized spacial score (nSPS) is 15.2. The molecule has 0 spiro atoms. The largest absolute Gasteiger partial charge is 0.493 e. The van der Waals surface area contributed by atoms with Gasteiger partial charge in [-0.3, -0.25) is 4.90 Å². The van der Waals surface area contributed by atoms with Crippen molar-refractivity contribution in [2.45, 2.75) is 32.2 Å². The Bertz CT molecular complexity index is 731. The fourth-order valence-electron chi connectivity index (χ4n) is 3.40. The molecule has 27 heavy (non-hydrogen) atoms. The molecule has 1 aromatic heterocycles. The molecule has 0 aliphatic carbocycles. The lowest BCUT2D eigenvalue weighted by atomic mass is 9.93. The van der Waals surface area contributed by atoms with Crippen LogP contribution in [0.2, 0.25) is 5.15 Å². The molecular formula is C19H28ClN5O2. The monoisotopic (exact) mass is 393 g/mol. The van der Waals surface area contributed by atoms with Crippen LogP contribution in [0.15, 0.2) is 24.3 Å². The van der Waals surface area contributed by atoms with Crippen molar-refractivity contribution in [2.24, 2.45) is 0 Å². The minimum Gasteiger partial charge on any atom is -0.493 e. The van der Waals surface area contributed by atoms with Crippen LogP contribution in [0, 0.1) is 0 Å². The van der Waals surface area contributed by atoms with Crippen molar-refractivity contribution in [3.05, 3.63) is 40.7 Å². The van der Waals surface area contributed by atoms with Gasteiger partial charge in [-0.25, -0.2) is 9.97 Å². The average Bonchev–Trinajstić information content (AvgIpc) is 2.62. The molecule has 7 nitrogen and oxygen atoms in total. The van der Waals surface area contributed by atoms with Crippen molar-refractivity contribution in [1.82, 2.24) is 21.0 Å². The standard InChI is InChI=1S/C19H25ClN4O2.H3N/c1-3-26-17-10-13(4-5-16(17)25-2)12-24-8-6-14(7-9-24)15-11-18(20)23-19(21)22-15;/h4-5,10-11,14H,3,6-9,12H2,1-2H3,(H2,21,22,23);1H3. The smallest absolute Gasteiger partial charge is 0.221 e. The maximum absolute atomic E-state index is 6.01. The number of nitrogen functional groups attached to an aromatic ring is 1. The number of nitrogens with zero attached hydrogens (tertiary/aromatic N) is 3. The third-order valence-electron chi connectivity index (χ3n) is 4.67. The van der Waals surface area contributed by atoms with Gasteiger partial charge in [0.1, 0.15) is 5.15 Å². The molecule has 1 aliphatic rings. The van der Waals surface area contributed by atoms with Crippen LogP contribution in [0.1, 0.15) is 36.9 Å². The quantitative estimate of drug-likeness (QED) is 0.720. The number of anilines is 1. The molecule has 1 aliphatic heterocycles. The number of piperidine rings is 1. The lowest BCUT2D eigenvalue weighted by Gasteiger charge is -2.31. The highest BCUT2D eigenvalue weighted by molar-refractivity contribution is 6.29. The molecule has 1 fully saturated rings. The Morgan fingerprint density at radius 3 is 2.56 bits per heavy atom. The van der Waals surface area contributed by atoms with Crippen LogP contribution in [0.25, 0.3) is 0 Å². The number of ether oxygens (including phenoxy) is 2. The zero-order valence-corrected chi connectivity index (χ0v) is 16.7. The first-order valence-corrected chi connectivity index (χ1v) is 9.29. The number of nitrogens with two attached hydrogens (primary N) is 1. The average molecular weight is 394 g/mol. The maximum Gasteiger partial charge on any atom is 0.221 e. The van der Waals surface area contributed by atoms with Crippen molar-refractivity contribution in [3.63, 3.8) is 0 Å². The highest BCUT2D eigenvalue weighted by atomic mass is 35.5. The van der Waals surface area contributed by atoms with Crippen molar-refractivity contribution in [2.75, 3.05) is 32.5 Å². The highest BCUT2D eigenvalue weighted by Crippen LogP contribution is 2.31. The number of halogens is 1. The van der Waals surface area contributed by atoms with Crippen LogP contribution >= 0.6 is 11.6 Å². The van der Waals surface area contributed by atoms with Gasteiger partial charge in [0.05, 0.1) is 19.4 Å². The van der Waals surface area contributed by atoms with E-state index in [2.05, 4.69) is 27.0 Å². The van der Waals surface area contributed by atoms with Gasteiger partial charge in [0.25, 0.3) is 0 Å². The Kier molecular flexibility index (Phi) is 7.65. The first kappa shape index (κ1) is 21.2. The number of methoxy groups -OCH3 is 1. The van der Waals surface area contributed by atoms with Gasteiger partial charge in [-0.15, -0.1) is 0 Å². The van der Waals surface area contributed by atoms with E-state index in [9.17, 15) is 0 Å². The van der Waals surface area contributed by atoms with E-state index in [1.807, 2.05) is 19.1 Å². The first-order valence-electron chi connectivity index (χ1n) is 8.91. The van der Waals surface area contributed by atoms with Crippen molar-refractivity contribution >= 4 is 17.5 Å². The molecule has 8 heteroatoms. The molecule has 5 N–H and O–H groups in total. The summed E-state index contributed by atoms with van der Waals surface area (Å²) in [4.78, 5) is 10.7. The van der Waals surface area contributed by atoms with Crippen LogP contribution in [-0.4, -0.2) is 41.7 Å². The summed E-state index contributed by atoms with van der Waals surface area (Å²) in [6.07, 6.45) is 2.06. The molecule has 0 saturated carbocycles. The van der Waals surface area contributed by atoms with Gasteiger partial charge < -0.3 is 21.4 Å². The molecule has 1 saturated heterocycles. The fraction of sp³-hybridized carbons (Fsp3) is 0.474. The number of aromatic nitrogens is 2. The molecular weight excluding hydrogens is 366 g/mol. The minimum atomic E-state index is 0. The van der Waals surface area contributed by atoms with Gasteiger partial charge in [-0.05, 0) is 56.6 Å². The number of likely N-dealkylation sites (tertiary alicyclic amines) is 1. The summed E-state index contributed by atoms with van der Waals surface area (Å²) in [6, 6.07) is 7.96. The van der Waals surface area contributed by atoms with Crippen LogP contribution in [-0.2, 0) is 6.54 Å². The molecule has 0 unspecified atom stereocenters. The van der Waals surface area contributed by atoms with E-state index in [4.69, 9.17) is 26.8 Å². The Morgan fingerprint density at radius 2 is 1.93 bits per heavy atom. The van der Waals surface area contributed by atoms with E-state index in [1.165, 1.54) is 5.56 Å². The molecule has 3 rings (SSSR count). The third-order valence-corrected chi connectivity index (χ3v) is 4.87. The highest BCUT2D eigenvalue weighted by Gasteiger charge is 2.22. The SMILES string of the molecule is CCOc1cc(CN2CCC(c3cc(Cl)nc(N)n3)CC2)ccc1OC.N. The molecule has 0 amide bonds. The second kappa shape index (κ2) is 9.73. The fourth-order valence-corrected chi connectivity index (χ4v) is 3.59. The Hall–Kier alpha value is -2.09. The molecule has 1 aromatic carbocycles. The predicted octanol–water partition coefficient (Wildman–Crippen LogP) is 3.66. The summed E-state index contributed by atoms with van der Waals surface area (Å²) in [5.74, 6) is 2.20. The van der Waals surface area contributed by atoms with Gasteiger partial charge in [0, 0.05) is 12.5 Å². The zero-order valence-electron chi connectivity index (χ0n) is 15.9. The Balaban J connectivity index is 0.00000261. The van der Waals surface area contributed by atoms with Crippen LogP contribution in [0.3, 0.4) is 0 Å². The van der Waals surface area contributed by atoms with Crippen LogP contribution in [0.4, 0.5) is 5.95 Å². The molecule has 2 aromatic rings. The van der Waals surface area contributed by atoms with Crippen LogP contribution in [0.5, 0.6) is 11.5 Å². The third kappa shape index (κ3) is 5.45. The molecule has 0 atom stereocenters. The van der Waals surface area contributed by atoms with E-state index in [1.54, 1.807) is 7.11 Å². The summed E-state index contributed by atoms with van der Waals surface area (Å²) >= 11 is 6.01. The lowest BCUT2D eigenvalue weighted by Crippen LogP contribution is -2.32. The second-order valence-electron chi connectivity index (χ2n) is 6.44. The van der Waals surface area contributed by atoms with E-state index in [0.717, 1.165) is 49.7 Å². The van der Waals surface area contributed by atoms with E-state index in [0.29, 0.717) is 17.7 Å². The van der Waals surface area contributed by atoms with Gasteiger partial charge in [-0.1, -0.05) is 17.7 Å². The first-order chi connectivity index (χ1) is 12.6. The summed E-state index contributed by atoms with van der Waals surface area (Å²) in [5, 5.41) is 0.414. The summed E-state index contributed by atoms with van der Waals surface area (Å²) in [6.45, 7) is 5.49. The molecule has 0 radical (unpaired) electrons. The second-order valence-corrected chi connectivity index (χ2v) is 6.83. The summed E-state index contributed by atoms with van der Waals surface area (Å²) < 4.78 is 11.0. The van der Waals surface area contributed by atoms with Crippen molar-refractivity contribution in [3.8, 4) is 11.5 Å². The Morgan fingerprint density at radius 1 is 1.19 bits per heavy atom. The minimum absolute atomic E-state index is 0. The van der Waals surface area contributed by atoms with E-state index in [-0.39, 0.29) is 12.1 Å². The van der Waals surface area contributed by atoms with E-state index < -0.39 is 0 Å². The van der Waals surface area contributed by atoms with Crippen molar-refractivity contribution in [1.29, 1.82) is 0 Å². The van der Waals surface area contributed by atoms with Gasteiger partial charge in [0.2, 0.25) is 5.95 Å². The molecule has 2 heterocycles. The van der Waals surface area contributed by atoms with Gasteiger partial charge in [-0.2, -0.15) is 0 Å². The zero-order chi connectivity index (χ0) is 18.5. The topological polar surface area (TPSA) is 108 Å². The lowest BCUT2D eigenvalue weighted by molar-refractivity contribution is 0.203. The van der Waals surface area contributed by atoms with Crippen LogP contribution < -0.4 is 21.4 Å².